The highest BCUT2D eigenvalue weighted by atomic mass is 32.2. The minimum atomic E-state index is -3.23. The minimum absolute atomic E-state index is 0.00494. The van der Waals surface area contributed by atoms with Gasteiger partial charge in [0.25, 0.3) is 0 Å². The number of nitrogens with zero attached hydrogens (tertiary/aromatic N) is 6. The fourth-order valence-electron chi connectivity index (χ4n) is 5.42. The molecule has 2 aliphatic heterocycles. The zero-order chi connectivity index (χ0) is 26.0. The molecule has 196 valence electrons. The SMILES string of the molecule is CN(Cc1ccc(-n2ccnc2)cc1)C1CN(C(=O)N2CCN(S(C)(=O)=O)CC2)CC1c1ccccc1. The zero-order valence-corrected chi connectivity index (χ0v) is 22.2. The molecule has 1 aromatic heterocycles. The normalized spacial score (nSPS) is 21.1. The van der Waals surface area contributed by atoms with Crippen molar-refractivity contribution in [3.8, 4) is 5.69 Å². The van der Waals surface area contributed by atoms with E-state index in [-0.39, 0.29) is 18.0 Å². The second-order valence-corrected chi connectivity index (χ2v) is 12.0. The fourth-order valence-corrected chi connectivity index (χ4v) is 6.25. The van der Waals surface area contributed by atoms with Crippen LogP contribution in [0, 0.1) is 0 Å². The van der Waals surface area contributed by atoms with Crippen molar-refractivity contribution in [1.29, 1.82) is 0 Å². The van der Waals surface area contributed by atoms with Gasteiger partial charge in [-0.2, -0.15) is 4.31 Å². The van der Waals surface area contributed by atoms with E-state index in [1.807, 2.05) is 21.7 Å². The standard InChI is InChI=1S/C27H34N6O3S/c1-29(18-22-8-10-24(11-9-22)31-13-12-28-21-31)26-20-32(19-25(26)23-6-4-3-5-7-23)27(34)30-14-16-33(17-15-30)37(2,35)36/h3-13,21,25-26H,14-20H2,1-2H3. The van der Waals surface area contributed by atoms with Crippen LogP contribution >= 0.6 is 0 Å². The van der Waals surface area contributed by atoms with Crippen molar-refractivity contribution < 1.29 is 13.2 Å². The molecule has 0 bridgehead atoms. The van der Waals surface area contributed by atoms with Crippen LogP contribution in [0.2, 0.25) is 0 Å². The lowest BCUT2D eigenvalue weighted by Gasteiger charge is -2.35. The molecule has 0 radical (unpaired) electrons. The van der Waals surface area contributed by atoms with Crippen LogP contribution in [0.4, 0.5) is 4.79 Å². The van der Waals surface area contributed by atoms with E-state index >= 15 is 0 Å². The van der Waals surface area contributed by atoms with Crippen molar-refractivity contribution in [2.75, 3.05) is 52.6 Å². The van der Waals surface area contributed by atoms with E-state index in [1.165, 1.54) is 21.7 Å². The van der Waals surface area contributed by atoms with Crippen LogP contribution in [-0.2, 0) is 16.6 Å². The van der Waals surface area contributed by atoms with E-state index in [4.69, 9.17) is 0 Å². The molecule has 2 atom stereocenters. The molecule has 3 heterocycles. The average molecular weight is 523 g/mol. The molecule has 2 fully saturated rings. The van der Waals surface area contributed by atoms with Crippen LogP contribution in [0.1, 0.15) is 17.0 Å². The molecule has 2 saturated heterocycles. The molecule has 3 aromatic rings. The van der Waals surface area contributed by atoms with Crippen molar-refractivity contribution in [3.63, 3.8) is 0 Å². The van der Waals surface area contributed by atoms with Crippen LogP contribution < -0.4 is 0 Å². The largest absolute Gasteiger partial charge is 0.322 e. The Kier molecular flexibility index (Phi) is 7.32. The molecular formula is C27H34N6O3S. The Morgan fingerprint density at radius 2 is 1.68 bits per heavy atom. The molecule has 0 N–H and O–H groups in total. The van der Waals surface area contributed by atoms with Crippen molar-refractivity contribution in [2.45, 2.75) is 18.5 Å². The van der Waals surface area contributed by atoms with Crippen LogP contribution in [0.15, 0.2) is 73.3 Å². The third-order valence-corrected chi connectivity index (χ3v) is 8.81. The van der Waals surface area contributed by atoms with Crippen LogP contribution in [0.3, 0.4) is 0 Å². The summed E-state index contributed by atoms with van der Waals surface area (Å²) >= 11 is 0. The Morgan fingerprint density at radius 3 is 2.30 bits per heavy atom. The van der Waals surface area contributed by atoms with Gasteiger partial charge in [0.2, 0.25) is 10.0 Å². The molecule has 37 heavy (non-hydrogen) atoms. The number of hydrogen-bond acceptors (Lipinski definition) is 5. The first-order valence-corrected chi connectivity index (χ1v) is 14.5. The van der Waals surface area contributed by atoms with Crippen LogP contribution in [0.25, 0.3) is 5.69 Å². The van der Waals surface area contributed by atoms with Crippen molar-refractivity contribution in [3.05, 3.63) is 84.4 Å². The number of benzene rings is 2. The van der Waals surface area contributed by atoms with E-state index in [1.54, 1.807) is 17.4 Å². The lowest BCUT2D eigenvalue weighted by atomic mass is 9.93. The average Bonchev–Trinajstić information content (AvgIpc) is 3.60. The van der Waals surface area contributed by atoms with Crippen LogP contribution in [0.5, 0.6) is 0 Å². The highest BCUT2D eigenvalue weighted by molar-refractivity contribution is 7.88. The Bertz CT molecular complexity index is 1290. The predicted octanol–water partition coefficient (Wildman–Crippen LogP) is 2.47. The van der Waals surface area contributed by atoms with Crippen molar-refractivity contribution >= 4 is 16.1 Å². The molecule has 0 spiro atoms. The van der Waals surface area contributed by atoms with Gasteiger partial charge in [-0.3, -0.25) is 4.90 Å². The molecule has 2 amide bonds. The van der Waals surface area contributed by atoms with Gasteiger partial charge in [0.15, 0.2) is 0 Å². The van der Waals surface area contributed by atoms with Crippen molar-refractivity contribution in [1.82, 2.24) is 28.6 Å². The predicted molar refractivity (Wildman–Crippen MR) is 143 cm³/mol. The molecule has 10 heteroatoms. The Morgan fingerprint density at radius 1 is 0.973 bits per heavy atom. The summed E-state index contributed by atoms with van der Waals surface area (Å²) in [4.78, 5) is 23.7. The molecule has 0 saturated carbocycles. The first kappa shape index (κ1) is 25.4. The van der Waals surface area contributed by atoms with E-state index in [2.05, 4.69) is 65.5 Å². The maximum Gasteiger partial charge on any atom is 0.320 e. The summed E-state index contributed by atoms with van der Waals surface area (Å²) in [5, 5.41) is 0. The smallest absolute Gasteiger partial charge is 0.320 e. The number of rotatable bonds is 6. The highest BCUT2D eigenvalue weighted by Gasteiger charge is 2.40. The Labute approximate surface area is 219 Å². The maximum absolute atomic E-state index is 13.5. The minimum Gasteiger partial charge on any atom is -0.322 e. The molecule has 9 nitrogen and oxygen atoms in total. The number of likely N-dealkylation sites (N-methyl/N-ethyl adjacent to an activating group) is 1. The number of aromatic nitrogens is 2. The maximum atomic E-state index is 13.5. The fraction of sp³-hybridized carbons (Fsp3) is 0.407. The summed E-state index contributed by atoms with van der Waals surface area (Å²) in [6.45, 7) is 3.58. The number of amides is 2. The highest BCUT2D eigenvalue weighted by Crippen LogP contribution is 2.32. The van der Waals surface area contributed by atoms with Gasteiger partial charge in [0.1, 0.15) is 0 Å². The number of carbonyl (C=O) groups excluding carboxylic acids is 1. The topological polar surface area (TPSA) is 82.0 Å². The molecule has 2 aliphatic rings. The van der Waals surface area contributed by atoms with Crippen LogP contribution in [-0.4, -0.2) is 102 Å². The number of piperazine rings is 1. The van der Waals surface area contributed by atoms with Gasteiger partial charge >= 0.3 is 6.03 Å². The number of hydrogen-bond donors (Lipinski definition) is 0. The van der Waals surface area contributed by atoms with Gasteiger partial charge in [-0.25, -0.2) is 18.2 Å². The lowest BCUT2D eigenvalue weighted by Crippen LogP contribution is -2.53. The third-order valence-electron chi connectivity index (χ3n) is 7.50. The summed E-state index contributed by atoms with van der Waals surface area (Å²) in [7, 11) is -1.11. The van der Waals surface area contributed by atoms with Gasteiger partial charge in [-0.05, 0) is 30.3 Å². The molecule has 5 rings (SSSR count). The number of carbonyl (C=O) groups is 1. The Hall–Kier alpha value is -3.21. The van der Waals surface area contributed by atoms with Gasteiger partial charge < -0.3 is 14.4 Å². The van der Waals surface area contributed by atoms with Gasteiger partial charge in [0, 0.05) is 75.9 Å². The van der Waals surface area contributed by atoms with Gasteiger partial charge in [-0.15, -0.1) is 0 Å². The summed E-state index contributed by atoms with van der Waals surface area (Å²) in [5.74, 6) is 0.192. The molecule has 2 aromatic carbocycles. The number of urea groups is 1. The number of sulfonamides is 1. The first-order chi connectivity index (χ1) is 17.8. The second kappa shape index (κ2) is 10.6. The molecular weight excluding hydrogens is 488 g/mol. The van der Waals surface area contributed by atoms with Gasteiger partial charge in [0.05, 0.1) is 12.6 Å². The first-order valence-electron chi connectivity index (χ1n) is 12.6. The summed E-state index contributed by atoms with van der Waals surface area (Å²) in [5.41, 5.74) is 3.51. The monoisotopic (exact) mass is 522 g/mol. The quantitative estimate of drug-likeness (QED) is 0.497. The van der Waals surface area contributed by atoms with E-state index in [0.717, 1.165) is 12.2 Å². The summed E-state index contributed by atoms with van der Waals surface area (Å²) < 4.78 is 27.2. The van der Waals surface area contributed by atoms with Crippen molar-refractivity contribution in [2.24, 2.45) is 0 Å². The van der Waals surface area contributed by atoms with Gasteiger partial charge in [-0.1, -0.05) is 42.5 Å². The number of likely N-dealkylation sites (tertiary alicyclic amines) is 1. The molecule has 0 aliphatic carbocycles. The third kappa shape index (κ3) is 5.71. The van der Waals surface area contributed by atoms with E-state index in [9.17, 15) is 13.2 Å². The Balaban J connectivity index is 1.29. The van der Waals surface area contributed by atoms with E-state index in [0.29, 0.717) is 39.3 Å². The lowest BCUT2D eigenvalue weighted by molar-refractivity contribution is 0.138. The van der Waals surface area contributed by atoms with E-state index < -0.39 is 10.0 Å². The summed E-state index contributed by atoms with van der Waals surface area (Å²) in [6.07, 6.45) is 6.71. The number of imidazole rings is 1. The summed E-state index contributed by atoms with van der Waals surface area (Å²) in [6, 6.07) is 19.0. The zero-order valence-electron chi connectivity index (χ0n) is 21.3. The second-order valence-electron chi connectivity index (χ2n) is 9.97. The molecule has 2 unspecified atom stereocenters.